The summed E-state index contributed by atoms with van der Waals surface area (Å²) < 4.78 is 7.59. The van der Waals surface area contributed by atoms with Gasteiger partial charge in [-0.1, -0.05) is 25.8 Å². The minimum absolute atomic E-state index is 0.558. The van der Waals surface area contributed by atoms with Gasteiger partial charge in [0, 0.05) is 38.4 Å². The monoisotopic (exact) mass is 468 g/mol. The van der Waals surface area contributed by atoms with Crippen LogP contribution in [0.4, 0.5) is 5.69 Å². The van der Waals surface area contributed by atoms with Crippen LogP contribution in [0.2, 0.25) is 0 Å². The third-order valence-electron chi connectivity index (χ3n) is 5.75. The SMILES string of the molecule is C=CC(=NC)N(CCC(=C)OCC)C(=C)c1ccc2c(c1)nc(CNc1ccc(C#N)cc1)n2C. The highest BCUT2D eigenvalue weighted by Gasteiger charge is 2.16. The molecule has 7 nitrogen and oxygen atoms in total. The molecule has 1 aromatic heterocycles. The molecule has 0 atom stereocenters. The molecule has 7 heteroatoms. The molecule has 35 heavy (non-hydrogen) atoms. The largest absolute Gasteiger partial charge is 0.499 e. The molecule has 0 aliphatic heterocycles. The molecule has 0 amide bonds. The van der Waals surface area contributed by atoms with E-state index in [1.54, 1.807) is 25.3 Å². The Morgan fingerprint density at radius 2 is 2.00 bits per heavy atom. The maximum Gasteiger partial charge on any atom is 0.128 e. The number of hydrogen-bond donors (Lipinski definition) is 1. The third-order valence-corrected chi connectivity index (χ3v) is 5.75. The number of aryl methyl sites for hydroxylation is 1. The van der Waals surface area contributed by atoms with Gasteiger partial charge in [0.05, 0.1) is 41.6 Å². The molecular formula is C28H32N6O. The van der Waals surface area contributed by atoms with Gasteiger partial charge in [-0.2, -0.15) is 5.26 Å². The van der Waals surface area contributed by atoms with E-state index in [2.05, 4.69) is 46.7 Å². The Morgan fingerprint density at radius 1 is 1.26 bits per heavy atom. The highest BCUT2D eigenvalue weighted by Crippen LogP contribution is 2.25. The standard InChI is InChI=1S/C28H32N6O/c1-7-27(30-5)34(16-15-20(3)35-8-2)21(4)23-11-14-26-25(17-23)32-28(33(26)6)19-31-24-12-9-22(18-29)10-13-24/h7,9-14,17,31H,1,3-4,8,15-16,19H2,2,5-6H3. The Hall–Kier alpha value is -4.31. The fraction of sp³-hybridized carbons (Fsp3) is 0.250. The molecule has 3 aromatic rings. The van der Waals surface area contributed by atoms with E-state index in [-0.39, 0.29) is 0 Å². The number of rotatable bonds is 11. The normalized spacial score (nSPS) is 11.1. The van der Waals surface area contributed by atoms with Crippen LogP contribution in [-0.2, 0) is 18.3 Å². The van der Waals surface area contributed by atoms with Crippen LogP contribution >= 0.6 is 0 Å². The average Bonchev–Trinajstić information content (AvgIpc) is 3.20. The predicted molar refractivity (Wildman–Crippen MR) is 144 cm³/mol. The Morgan fingerprint density at radius 3 is 2.63 bits per heavy atom. The number of hydrogen-bond acceptors (Lipinski definition) is 5. The van der Waals surface area contributed by atoms with Gasteiger partial charge in [-0.05, 0) is 55.0 Å². The number of nitrogens with one attached hydrogen (secondary N) is 1. The lowest BCUT2D eigenvalue weighted by atomic mass is 10.1. The number of anilines is 1. The quantitative estimate of drug-likeness (QED) is 0.229. The summed E-state index contributed by atoms with van der Waals surface area (Å²) in [5, 5.41) is 12.3. The second-order valence-corrected chi connectivity index (χ2v) is 7.94. The zero-order valence-electron chi connectivity index (χ0n) is 20.7. The van der Waals surface area contributed by atoms with E-state index in [1.807, 2.05) is 43.1 Å². The molecule has 3 rings (SSSR count). The number of aliphatic imine (C=N–C) groups is 1. The fourth-order valence-electron chi connectivity index (χ4n) is 3.81. The molecule has 0 saturated heterocycles. The van der Waals surface area contributed by atoms with E-state index < -0.39 is 0 Å². The predicted octanol–water partition coefficient (Wildman–Crippen LogP) is 5.48. The number of nitrogens with zero attached hydrogens (tertiary/aromatic N) is 5. The highest BCUT2D eigenvalue weighted by molar-refractivity contribution is 5.98. The van der Waals surface area contributed by atoms with Crippen molar-refractivity contribution in [2.75, 3.05) is 25.5 Å². The number of fused-ring (bicyclic) bond motifs is 1. The number of nitriles is 1. The number of imidazole rings is 1. The maximum absolute atomic E-state index is 8.97. The van der Waals surface area contributed by atoms with E-state index in [0.717, 1.165) is 45.4 Å². The molecule has 1 N–H and O–H groups in total. The molecule has 1 heterocycles. The molecular weight excluding hydrogens is 436 g/mol. The van der Waals surface area contributed by atoms with Crippen LogP contribution < -0.4 is 5.32 Å². The van der Waals surface area contributed by atoms with Gasteiger partial charge in [0.15, 0.2) is 0 Å². The van der Waals surface area contributed by atoms with Crippen LogP contribution in [0.15, 0.2) is 79.0 Å². The summed E-state index contributed by atoms with van der Waals surface area (Å²) in [6.07, 6.45) is 2.37. The summed E-state index contributed by atoms with van der Waals surface area (Å²) in [7, 11) is 3.74. The molecule has 0 spiro atoms. The molecule has 180 valence electrons. The highest BCUT2D eigenvalue weighted by atomic mass is 16.5. The van der Waals surface area contributed by atoms with Crippen molar-refractivity contribution in [2.45, 2.75) is 19.9 Å². The van der Waals surface area contributed by atoms with Gasteiger partial charge in [0.1, 0.15) is 11.7 Å². The van der Waals surface area contributed by atoms with Gasteiger partial charge >= 0.3 is 0 Å². The molecule has 0 bridgehead atoms. The molecule has 0 aliphatic rings. The van der Waals surface area contributed by atoms with Gasteiger partial charge in [0.25, 0.3) is 0 Å². The van der Waals surface area contributed by atoms with E-state index in [4.69, 9.17) is 15.0 Å². The summed E-state index contributed by atoms with van der Waals surface area (Å²) in [4.78, 5) is 11.2. The minimum atomic E-state index is 0.558. The Labute approximate surface area is 207 Å². The van der Waals surface area contributed by atoms with Crippen LogP contribution in [0.1, 0.15) is 30.3 Å². The lowest BCUT2D eigenvalue weighted by molar-refractivity contribution is 0.217. The van der Waals surface area contributed by atoms with Crippen LogP contribution in [0, 0.1) is 11.3 Å². The van der Waals surface area contributed by atoms with Crippen molar-refractivity contribution in [3.8, 4) is 6.07 Å². The lowest BCUT2D eigenvalue weighted by Gasteiger charge is -2.27. The first-order valence-corrected chi connectivity index (χ1v) is 11.5. The second kappa shape index (κ2) is 11.7. The third kappa shape index (κ3) is 5.98. The Balaban J connectivity index is 1.82. The molecule has 0 unspecified atom stereocenters. The van der Waals surface area contributed by atoms with E-state index in [9.17, 15) is 0 Å². The fourth-order valence-corrected chi connectivity index (χ4v) is 3.81. The Kier molecular flexibility index (Phi) is 8.47. The van der Waals surface area contributed by atoms with Crippen LogP contribution in [0.5, 0.6) is 0 Å². The molecule has 2 aromatic carbocycles. The maximum atomic E-state index is 8.97. The van der Waals surface area contributed by atoms with Gasteiger partial charge in [-0.15, -0.1) is 0 Å². The molecule has 0 aliphatic carbocycles. The Bertz CT molecular complexity index is 1290. The number of ether oxygens (including phenoxy) is 1. The smallest absolute Gasteiger partial charge is 0.128 e. The second-order valence-electron chi connectivity index (χ2n) is 7.94. The summed E-state index contributed by atoms with van der Waals surface area (Å²) in [6.45, 7) is 16.0. The molecule has 0 saturated carbocycles. The minimum Gasteiger partial charge on any atom is -0.499 e. The summed E-state index contributed by atoms with van der Waals surface area (Å²) >= 11 is 0. The van der Waals surface area contributed by atoms with E-state index in [0.29, 0.717) is 31.7 Å². The van der Waals surface area contributed by atoms with Crippen molar-refractivity contribution >= 4 is 28.3 Å². The van der Waals surface area contributed by atoms with Crippen LogP contribution in [-0.4, -0.2) is 40.5 Å². The van der Waals surface area contributed by atoms with Crippen molar-refractivity contribution in [1.29, 1.82) is 5.26 Å². The summed E-state index contributed by atoms with van der Waals surface area (Å²) in [5.41, 5.74) is 5.24. The van der Waals surface area contributed by atoms with Gasteiger partial charge in [-0.25, -0.2) is 4.98 Å². The first-order valence-electron chi connectivity index (χ1n) is 11.5. The molecule has 0 fully saturated rings. The lowest BCUT2D eigenvalue weighted by Crippen LogP contribution is -2.29. The van der Waals surface area contributed by atoms with Gasteiger partial charge in [0.2, 0.25) is 0 Å². The van der Waals surface area contributed by atoms with Crippen molar-refractivity contribution in [1.82, 2.24) is 14.5 Å². The van der Waals surface area contributed by atoms with Crippen molar-refractivity contribution in [2.24, 2.45) is 12.0 Å². The first-order chi connectivity index (χ1) is 16.9. The topological polar surface area (TPSA) is 78.5 Å². The van der Waals surface area contributed by atoms with Gasteiger partial charge < -0.3 is 19.5 Å². The van der Waals surface area contributed by atoms with Crippen molar-refractivity contribution < 1.29 is 4.74 Å². The van der Waals surface area contributed by atoms with E-state index in [1.165, 1.54) is 0 Å². The van der Waals surface area contributed by atoms with E-state index >= 15 is 0 Å². The van der Waals surface area contributed by atoms with Crippen LogP contribution in [0.25, 0.3) is 16.7 Å². The summed E-state index contributed by atoms with van der Waals surface area (Å²) in [6, 6.07) is 15.7. The zero-order chi connectivity index (χ0) is 25.4. The van der Waals surface area contributed by atoms with Crippen molar-refractivity contribution in [3.05, 3.63) is 91.0 Å². The molecule has 0 radical (unpaired) electrons. The summed E-state index contributed by atoms with van der Waals surface area (Å²) in [5.74, 6) is 2.36. The number of benzene rings is 2. The average molecular weight is 469 g/mol. The zero-order valence-corrected chi connectivity index (χ0v) is 20.7. The van der Waals surface area contributed by atoms with Crippen LogP contribution in [0.3, 0.4) is 0 Å². The first kappa shape index (κ1) is 25.3. The number of aromatic nitrogens is 2. The number of amidine groups is 1. The van der Waals surface area contributed by atoms with Gasteiger partial charge in [-0.3, -0.25) is 4.99 Å². The van der Waals surface area contributed by atoms with Crippen molar-refractivity contribution in [3.63, 3.8) is 0 Å².